The van der Waals surface area contributed by atoms with Gasteiger partial charge in [-0.2, -0.15) is 0 Å². The third-order valence-corrected chi connectivity index (χ3v) is 6.13. The molecule has 0 spiro atoms. The molecule has 0 radical (unpaired) electrons. The van der Waals surface area contributed by atoms with E-state index in [9.17, 15) is 14.7 Å². The summed E-state index contributed by atoms with van der Waals surface area (Å²) in [5.41, 5.74) is 1.38. The number of aliphatic hydroxyl groups excluding tert-OH is 1. The lowest BCUT2D eigenvalue weighted by Crippen LogP contribution is -2.36. The minimum atomic E-state index is -0.676. The molecule has 1 amide bonds. The number of aryl methyl sites for hydroxylation is 1. The number of hydrogen-bond donors (Lipinski definition) is 2. The summed E-state index contributed by atoms with van der Waals surface area (Å²) in [5, 5.41) is 12.6. The second kappa shape index (κ2) is 7.77. The Hall–Kier alpha value is -3.03. The number of amides is 1. The van der Waals surface area contributed by atoms with Gasteiger partial charge in [0.25, 0.3) is 11.5 Å². The lowest BCUT2D eigenvalue weighted by Gasteiger charge is -2.24. The van der Waals surface area contributed by atoms with Crippen LogP contribution in [0.5, 0.6) is 0 Å². The van der Waals surface area contributed by atoms with Crippen molar-refractivity contribution in [2.45, 2.75) is 26.5 Å². The van der Waals surface area contributed by atoms with Gasteiger partial charge in [0.05, 0.1) is 22.7 Å². The number of hydrogen-bond acceptors (Lipinski definition) is 5. The lowest BCUT2D eigenvalue weighted by atomic mass is 10.0. The van der Waals surface area contributed by atoms with Crippen LogP contribution in [0.2, 0.25) is 0 Å². The van der Waals surface area contributed by atoms with Crippen LogP contribution in [0, 0.1) is 6.92 Å². The Morgan fingerprint density at radius 2 is 2.00 bits per heavy atom. The molecule has 0 saturated heterocycles. The van der Waals surface area contributed by atoms with Crippen molar-refractivity contribution in [1.82, 2.24) is 14.9 Å². The van der Waals surface area contributed by atoms with Crippen LogP contribution in [0.4, 0.5) is 0 Å². The Morgan fingerprint density at radius 1 is 1.24 bits per heavy atom. The molecule has 4 aromatic rings. The molecule has 2 N–H and O–H groups in total. The molecule has 0 aliphatic rings. The summed E-state index contributed by atoms with van der Waals surface area (Å²) < 4.78 is 0. The number of nitrogens with zero attached hydrogens (tertiary/aromatic N) is 2. The number of rotatable bonds is 5. The van der Waals surface area contributed by atoms with Gasteiger partial charge < -0.3 is 15.0 Å². The van der Waals surface area contributed by atoms with Crippen LogP contribution >= 0.6 is 11.3 Å². The van der Waals surface area contributed by atoms with Gasteiger partial charge in [-0.15, -0.1) is 11.3 Å². The van der Waals surface area contributed by atoms with E-state index >= 15 is 0 Å². The second-order valence-electron chi connectivity index (χ2n) is 7.14. The number of nitrogens with one attached hydrogen (secondary N) is 1. The van der Waals surface area contributed by atoms with Crippen molar-refractivity contribution >= 4 is 38.2 Å². The van der Waals surface area contributed by atoms with Crippen molar-refractivity contribution in [2.24, 2.45) is 0 Å². The highest BCUT2D eigenvalue weighted by molar-refractivity contribution is 7.20. The van der Waals surface area contributed by atoms with E-state index in [4.69, 9.17) is 0 Å². The first-order chi connectivity index (χ1) is 14.0. The number of aromatic amines is 1. The monoisotopic (exact) mass is 407 g/mol. The summed E-state index contributed by atoms with van der Waals surface area (Å²) in [5.74, 6) is -0.210. The summed E-state index contributed by atoms with van der Waals surface area (Å²) in [6.45, 7) is 3.98. The summed E-state index contributed by atoms with van der Waals surface area (Å²) >= 11 is 1.21. The van der Waals surface area contributed by atoms with Crippen molar-refractivity contribution in [2.75, 3.05) is 6.54 Å². The highest BCUT2D eigenvalue weighted by Crippen LogP contribution is 2.29. The Balaban J connectivity index is 1.75. The van der Waals surface area contributed by atoms with Crippen LogP contribution in [0.25, 0.3) is 21.0 Å². The number of carbonyl (C=O) groups is 1. The van der Waals surface area contributed by atoms with Crippen LogP contribution in [-0.4, -0.2) is 38.5 Å². The molecule has 1 atom stereocenters. The molecule has 2 heterocycles. The van der Waals surface area contributed by atoms with Gasteiger partial charge in [0, 0.05) is 13.1 Å². The van der Waals surface area contributed by atoms with E-state index < -0.39 is 6.10 Å². The Kier molecular flexibility index (Phi) is 5.17. The van der Waals surface area contributed by atoms with E-state index in [0.717, 1.165) is 16.3 Å². The molecule has 29 heavy (non-hydrogen) atoms. The number of fused-ring (bicyclic) bond motifs is 2. The van der Waals surface area contributed by atoms with Crippen molar-refractivity contribution in [3.63, 3.8) is 0 Å². The first kappa shape index (κ1) is 19.3. The van der Waals surface area contributed by atoms with Gasteiger partial charge in [0.1, 0.15) is 4.83 Å². The molecule has 0 aliphatic carbocycles. The summed E-state index contributed by atoms with van der Waals surface area (Å²) in [6, 6.07) is 14.0. The maximum atomic E-state index is 13.4. The van der Waals surface area contributed by atoms with E-state index in [1.807, 2.05) is 42.5 Å². The number of carbonyl (C=O) groups excluding carboxylic acids is 1. The lowest BCUT2D eigenvalue weighted by molar-refractivity contribution is 0.0635. The van der Waals surface area contributed by atoms with Gasteiger partial charge in [-0.1, -0.05) is 42.5 Å². The van der Waals surface area contributed by atoms with E-state index in [0.29, 0.717) is 27.2 Å². The van der Waals surface area contributed by atoms with Crippen molar-refractivity contribution < 1.29 is 9.90 Å². The molecule has 148 valence electrons. The molecule has 0 aliphatic heterocycles. The normalized spacial score (nSPS) is 12.4. The van der Waals surface area contributed by atoms with Crippen LogP contribution < -0.4 is 5.56 Å². The van der Waals surface area contributed by atoms with Crippen molar-refractivity contribution in [1.29, 1.82) is 0 Å². The number of benzene rings is 2. The smallest absolute Gasteiger partial charge is 0.264 e. The number of H-pyrrole nitrogens is 1. The Bertz CT molecular complexity index is 1250. The largest absolute Gasteiger partial charge is 0.392 e. The highest BCUT2D eigenvalue weighted by Gasteiger charge is 2.24. The fourth-order valence-electron chi connectivity index (χ4n) is 3.60. The predicted octanol–water partition coefficient (Wildman–Crippen LogP) is 3.47. The molecule has 2 aromatic carbocycles. The van der Waals surface area contributed by atoms with Gasteiger partial charge >= 0.3 is 0 Å². The third kappa shape index (κ3) is 3.66. The predicted molar refractivity (Wildman–Crippen MR) is 115 cm³/mol. The molecule has 6 nitrogen and oxygen atoms in total. The average Bonchev–Trinajstić information content (AvgIpc) is 3.04. The van der Waals surface area contributed by atoms with Gasteiger partial charge in [0.15, 0.2) is 0 Å². The summed E-state index contributed by atoms with van der Waals surface area (Å²) in [6.07, 6.45) is 0.670. The van der Waals surface area contributed by atoms with Crippen LogP contribution in [-0.2, 0) is 6.54 Å². The molecule has 0 fully saturated rings. The maximum absolute atomic E-state index is 13.4. The van der Waals surface area contributed by atoms with Crippen LogP contribution in [0.15, 0.2) is 53.6 Å². The van der Waals surface area contributed by atoms with E-state index in [2.05, 4.69) is 9.97 Å². The fraction of sp³-hybridized carbons (Fsp3) is 0.227. The van der Waals surface area contributed by atoms with E-state index in [1.165, 1.54) is 17.7 Å². The molecule has 0 saturated carbocycles. The zero-order valence-electron chi connectivity index (χ0n) is 16.2. The first-order valence-electron chi connectivity index (χ1n) is 9.36. The zero-order chi connectivity index (χ0) is 20.5. The Labute approximate surface area is 171 Å². The molecule has 2 aromatic heterocycles. The molecular weight excluding hydrogens is 386 g/mol. The standard InChI is InChI=1S/C22H21N3O3S/c1-13(26)10-25(11-16-8-5-7-15-6-3-4-9-17(15)16)22(28)19-14(2)18-20(27)23-12-24-21(18)29-19/h3-9,12-13,26H,10-11H2,1-2H3,(H,23,24,27)/t13-/m1/s1. The molecular formula is C22H21N3O3S. The minimum absolute atomic E-state index is 0.194. The minimum Gasteiger partial charge on any atom is -0.392 e. The molecule has 0 bridgehead atoms. The van der Waals surface area contributed by atoms with Gasteiger partial charge in [-0.25, -0.2) is 4.98 Å². The molecule has 4 rings (SSSR count). The van der Waals surface area contributed by atoms with Crippen LogP contribution in [0.3, 0.4) is 0 Å². The molecule has 0 unspecified atom stereocenters. The quantitative estimate of drug-likeness (QED) is 0.530. The van der Waals surface area contributed by atoms with Crippen LogP contribution in [0.1, 0.15) is 27.7 Å². The molecule has 7 heteroatoms. The average molecular weight is 407 g/mol. The van der Waals surface area contributed by atoms with Crippen molar-refractivity contribution in [3.05, 3.63) is 75.1 Å². The van der Waals surface area contributed by atoms with Gasteiger partial charge in [0.2, 0.25) is 0 Å². The van der Waals surface area contributed by atoms with Gasteiger partial charge in [-0.3, -0.25) is 9.59 Å². The third-order valence-electron chi connectivity index (χ3n) is 4.94. The highest BCUT2D eigenvalue weighted by atomic mass is 32.1. The van der Waals surface area contributed by atoms with Crippen molar-refractivity contribution in [3.8, 4) is 0 Å². The maximum Gasteiger partial charge on any atom is 0.264 e. The van der Waals surface area contributed by atoms with E-state index in [-0.39, 0.29) is 18.0 Å². The first-order valence-corrected chi connectivity index (χ1v) is 10.2. The number of thiophene rings is 1. The summed E-state index contributed by atoms with van der Waals surface area (Å²) in [4.78, 5) is 35.0. The Morgan fingerprint density at radius 3 is 2.76 bits per heavy atom. The SMILES string of the molecule is Cc1c(C(=O)N(Cc2cccc3ccccc23)C[C@@H](C)O)sc2nc[nH]c(=O)c12. The van der Waals surface area contributed by atoms with E-state index in [1.54, 1.807) is 18.7 Å². The van der Waals surface area contributed by atoms with Gasteiger partial charge in [-0.05, 0) is 35.7 Å². The number of aliphatic hydroxyl groups is 1. The zero-order valence-corrected chi connectivity index (χ0v) is 17.0. The number of aromatic nitrogens is 2. The fourth-order valence-corrected chi connectivity index (χ4v) is 4.72. The summed E-state index contributed by atoms with van der Waals surface area (Å²) in [7, 11) is 0. The topological polar surface area (TPSA) is 86.3 Å². The second-order valence-corrected chi connectivity index (χ2v) is 8.14.